The number of benzene rings is 1. The summed E-state index contributed by atoms with van der Waals surface area (Å²) >= 11 is 17.5. The van der Waals surface area contributed by atoms with Crippen molar-refractivity contribution in [2.75, 3.05) is 11.5 Å². The number of anilines is 2. The lowest BCUT2D eigenvalue weighted by Gasteiger charge is -2.07. The van der Waals surface area contributed by atoms with Gasteiger partial charge in [-0.1, -0.05) is 29.3 Å². The van der Waals surface area contributed by atoms with Gasteiger partial charge in [0.2, 0.25) is 5.28 Å². The van der Waals surface area contributed by atoms with Crippen LogP contribution in [0.5, 0.6) is 0 Å². The molecular formula is C10H7Cl3N4. The fourth-order valence-electron chi connectivity index (χ4n) is 1.31. The number of aromatic nitrogens is 2. The van der Waals surface area contributed by atoms with Crippen molar-refractivity contribution in [2.24, 2.45) is 0 Å². The lowest BCUT2D eigenvalue weighted by atomic mass is 10.1. The summed E-state index contributed by atoms with van der Waals surface area (Å²) in [6.45, 7) is 0. The van der Waals surface area contributed by atoms with Gasteiger partial charge in [-0.15, -0.1) is 0 Å². The minimum Gasteiger partial charge on any atom is -0.397 e. The van der Waals surface area contributed by atoms with E-state index in [1.165, 1.54) is 0 Å². The summed E-state index contributed by atoms with van der Waals surface area (Å²) in [5.74, 6) is 0. The molecule has 88 valence electrons. The van der Waals surface area contributed by atoms with Crippen LogP contribution < -0.4 is 11.5 Å². The van der Waals surface area contributed by atoms with Crippen molar-refractivity contribution in [2.45, 2.75) is 0 Å². The summed E-state index contributed by atoms with van der Waals surface area (Å²) < 4.78 is 0. The SMILES string of the molecule is Nc1ccc(-c2nc(Cl)nc(Cl)c2Cl)cc1N. The van der Waals surface area contributed by atoms with E-state index in [9.17, 15) is 0 Å². The van der Waals surface area contributed by atoms with Gasteiger partial charge in [0.25, 0.3) is 0 Å². The van der Waals surface area contributed by atoms with Crippen LogP contribution in [0.15, 0.2) is 18.2 Å². The minimum absolute atomic E-state index is 0.0183. The summed E-state index contributed by atoms with van der Waals surface area (Å²) in [6.07, 6.45) is 0. The Kier molecular flexibility index (Phi) is 3.28. The maximum absolute atomic E-state index is 6.00. The van der Waals surface area contributed by atoms with Gasteiger partial charge in [-0.25, -0.2) is 9.97 Å². The first kappa shape index (κ1) is 12.2. The molecule has 0 atom stereocenters. The number of rotatable bonds is 1. The molecule has 1 aromatic heterocycles. The maximum atomic E-state index is 6.00. The van der Waals surface area contributed by atoms with Gasteiger partial charge in [0.15, 0.2) is 5.15 Å². The van der Waals surface area contributed by atoms with Crippen LogP contribution in [-0.4, -0.2) is 9.97 Å². The van der Waals surface area contributed by atoms with Crippen molar-refractivity contribution in [3.8, 4) is 11.3 Å². The van der Waals surface area contributed by atoms with E-state index in [1.54, 1.807) is 18.2 Å². The fourth-order valence-corrected chi connectivity index (χ4v) is 1.88. The van der Waals surface area contributed by atoms with E-state index in [4.69, 9.17) is 46.3 Å². The zero-order chi connectivity index (χ0) is 12.6. The van der Waals surface area contributed by atoms with Gasteiger partial charge < -0.3 is 11.5 Å². The lowest BCUT2D eigenvalue weighted by Crippen LogP contribution is -1.96. The first-order valence-electron chi connectivity index (χ1n) is 4.53. The molecule has 0 aliphatic heterocycles. The Hall–Kier alpha value is -1.23. The zero-order valence-electron chi connectivity index (χ0n) is 8.42. The van der Waals surface area contributed by atoms with Gasteiger partial charge in [0.05, 0.1) is 17.1 Å². The highest BCUT2D eigenvalue weighted by Gasteiger charge is 2.12. The largest absolute Gasteiger partial charge is 0.397 e. The third kappa shape index (κ3) is 2.39. The Labute approximate surface area is 113 Å². The molecule has 2 rings (SSSR count). The van der Waals surface area contributed by atoms with Crippen LogP contribution in [0.2, 0.25) is 15.5 Å². The van der Waals surface area contributed by atoms with Gasteiger partial charge in [0.1, 0.15) is 5.02 Å². The first-order chi connectivity index (χ1) is 7.99. The van der Waals surface area contributed by atoms with Crippen molar-refractivity contribution >= 4 is 46.2 Å². The van der Waals surface area contributed by atoms with Crippen LogP contribution in [0.1, 0.15) is 0 Å². The fraction of sp³-hybridized carbons (Fsp3) is 0. The second-order valence-electron chi connectivity index (χ2n) is 3.29. The van der Waals surface area contributed by atoms with Crippen LogP contribution in [-0.2, 0) is 0 Å². The molecule has 1 heterocycles. The molecule has 4 nitrogen and oxygen atoms in total. The molecule has 0 unspecified atom stereocenters. The monoisotopic (exact) mass is 288 g/mol. The normalized spacial score (nSPS) is 10.5. The minimum atomic E-state index is 0.0183. The molecule has 17 heavy (non-hydrogen) atoms. The van der Waals surface area contributed by atoms with Gasteiger partial charge in [-0.05, 0) is 23.7 Å². The number of nitrogens with zero attached hydrogens (tertiary/aromatic N) is 2. The van der Waals surface area contributed by atoms with Crippen LogP contribution in [0, 0.1) is 0 Å². The van der Waals surface area contributed by atoms with E-state index < -0.39 is 0 Å². The predicted molar refractivity (Wildman–Crippen MR) is 71.3 cm³/mol. The molecule has 0 saturated heterocycles. The highest BCUT2D eigenvalue weighted by Crippen LogP contribution is 2.33. The van der Waals surface area contributed by atoms with E-state index in [0.717, 1.165) is 0 Å². The lowest BCUT2D eigenvalue weighted by molar-refractivity contribution is 1.17. The van der Waals surface area contributed by atoms with Crippen LogP contribution in [0.25, 0.3) is 11.3 Å². The van der Waals surface area contributed by atoms with Crippen molar-refractivity contribution < 1.29 is 0 Å². The molecule has 0 spiro atoms. The molecule has 0 amide bonds. The predicted octanol–water partition coefficient (Wildman–Crippen LogP) is 3.27. The highest BCUT2D eigenvalue weighted by molar-refractivity contribution is 6.43. The van der Waals surface area contributed by atoms with Gasteiger partial charge in [-0.3, -0.25) is 0 Å². The molecule has 2 aromatic rings. The van der Waals surface area contributed by atoms with Gasteiger partial charge in [-0.2, -0.15) is 0 Å². The maximum Gasteiger partial charge on any atom is 0.224 e. The van der Waals surface area contributed by atoms with E-state index >= 15 is 0 Å². The summed E-state index contributed by atoms with van der Waals surface area (Å²) in [5, 5.41) is 0.335. The zero-order valence-corrected chi connectivity index (χ0v) is 10.7. The van der Waals surface area contributed by atoms with E-state index in [0.29, 0.717) is 22.6 Å². The molecule has 0 saturated carbocycles. The Morgan fingerprint density at radius 2 is 1.65 bits per heavy atom. The average Bonchev–Trinajstić information content (AvgIpc) is 2.27. The number of halogens is 3. The Bertz CT molecular complexity index is 586. The number of nitrogens with two attached hydrogens (primary N) is 2. The van der Waals surface area contributed by atoms with Crippen molar-refractivity contribution in [3.63, 3.8) is 0 Å². The number of hydrogen-bond acceptors (Lipinski definition) is 4. The van der Waals surface area contributed by atoms with Crippen LogP contribution >= 0.6 is 34.8 Å². The summed E-state index contributed by atoms with van der Waals surface area (Å²) in [4.78, 5) is 7.75. The van der Waals surface area contributed by atoms with E-state index in [1.807, 2.05) is 0 Å². The van der Waals surface area contributed by atoms with Gasteiger partial charge >= 0.3 is 0 Å². The van der Waals surface area contributed by atoms with Crippen molar-refractivity contribution in [3.05, 3.63) is 33.7 Å². The van der Waals surface area contributed by atoms with E-state index in [-0.39, 0.29) is 15.5 Å². The summed E-state index contributed by atoms with van der Waals surface area (Å²) in [6, 6.07) is 5.04. The average molecular weight is 290 g/mol. The molecule has 0 aliphatic carbocycles. The number of nitrogen functional groups attached to an aromatic ring is 2. The molecule has 4 N–H and O–H groups in total. The molecule has 0 aliphatic rings. The van der Waals surface area contributed by atoms with Crippen LogP contribution in [0.3, 0.4) is 0 Å². The summed E-state index contributed by atoms with van der Waals surface area (Å²) in [7, 11) is 0. The Morgan fingerprint density at radius 3 is 2.29 bits per heavy atom. The Balaban J connectivity index is 2.64. The van der Waals surface area contributed by atoms with Crippen molar-refractivity contribution in [1.82, 2.24) is 9.97 Å². The second kappa shape index (κ2) is 4.56. The number of hydrogen-bond donors (Lipinski definition) is 2. The third-order valence-corrected chi connectivity index (χ3v) is 3.04. The third-order valence-electron chi connectivity index (χ3n) is 2.14. The molecule has 7 heteroatoms. The first-order valence-corrected chi connectivity index (χ1v) is 5.66. The van der Waals surface area contributed by atoms with Crippen molar-refractivity contribution in [1.29, 1.82) is 0 Å². The van der Waals surface area contributed by atoms with E-state index in [2.05, 4.69) is 9.97 Å². The summed E-state index contributed by atoms with van der Waals surface area (Å²) in [5.41, 5.74) is 13.3. The smallest absolute Gasteiger partial charge is 0.224 e. The molecule has 0 radical (unpaired) electrons. The standard InChI is InChI=1S/C10H7Cl3N4/c11-7-8(16-10(13)17-9(7)12)4-1-2-5(14)6(15)3-4/h1-3H,14-15H2. The van der Waals surface area contributed by atoms with Crippen LogP contribution in [0.4, 0.5) is 11.4 Å². The topological polar surface area (TPSA) is 77.8 Å². The molecule has 0 fully saturated rings. The van der Waals surface area contributed by atoms with Gasteiger partial charge in [0, 0.05) is 5.56 Å². The molecule has 1 aromatic carbocycles. The Morgan fingerprint density at radius 1 is 0.941 bits per heavy atom. The molecular weight excluding hydrogens is 282 g/mol. The molecule has 0 bridgehead atoms. The highest BCUT2D eigenvalue weighted by atomic mass is 35.5. The quantitative estimate of drug-likeness (QED) is 0.480. The second-order valence-corrected chi connectivity index (χ2v) is 4.36.